The van der Waals surface area contributed by atoms with Crippen molar-refractivity contribution >= 4 is 56.1 Å². The molecule has 1 heterocycles. The number of carbonyl (C=O) groups excluding carboxylic acids is 1. The smallest absolute Gasteiger partial charge is 0.324 e. The summed E-state index contributed by atoms with van der Waals surface area (Å²) < 4.78 is 26.7. The van der Waals surface area contributed by atoms with Crippen LogP contribution in [0, 0.1) is 5.41 Å². The fraction of sp³-hybridized carbons (Fsp3) is 0.167. The standard InChI is InChI=1S/C18H16ClN3O5S2/c19-12-3-7-14(8-4-12)29(26,27)22(10-16(23)24)13-5-1-11(2-6-13)9-15-17(25)21-18(20)28-15/h1-8,15H,9-10H2,(H,23,24)(H2,20,21,25). The fourth-order valence-corrected chi connectivity index (χ4v) is 5.16. The average molecular weight is 454 g/mol. The highest BCUT2D eigenvalue weighted by molar-refractivity contribution is 8.15. The molecule has 0 aromatic heterocycles. The number of halogens is 1. The van der Waals surface area contributed by atoms with Crippen molar-refractivity contribution in [2.45, 2.75) is 16.6 Å². The lowest BCUT2D eigenvalue weighted by atomic mass is 10.1. The second-order valence-corrected chi connectivity index (χ2v) is 9.67. The Labute approximate surface area is 176 Å². The number of carbonyl (C=O) groups is 2. The summed E-state index contributed by atoms with van der Waals surface area (Å²) >= 11 is 6.92. The van der Waals surface area contributed by atoms with Crippen molar-refractivity contribution < 1.29 is 23.1 Å². The molecule has 8 nitrogen and oxygen atoms in total. The first-order chi connectivity index (χ1) is 13.7. The van der Waals surface area contributed by atoms with Crippen LogP contribution >= 0.6 is 23.4 Å². The highest BCUT2D eigenvalue weighted by Gasteiger charge is 2.30. The first kappa shape index (κ1) is 21.2. The van der Waals surface area contributed by atoms with Crippen LogP contribution in [0.5, 0.6) is 0 Å². The normalized spacial score (nSPS) is 16.5. The van der Waals surface area contributed by atoms with E-state index >= 15 is 0 Å². The van der Waals surface area contributed by atoms with E-state index in [0.717, 1.165) is 21.6 Å². The van der Waals surface area contributed by atoms with Crippen molar-refractivity contribution in [3.05, 3.63) is 59.1 Å². The number of benzene rings is 2. The van der Waals surface area contributed by atoms with Crippen LogP contribution in [0.25, 0.3) is 0 Å². The third-order valence-corrected chi connectivity index (χ3v) is 7.16. The second-order valence-electron chi connectivity index (χ2n) is 6.15. The lowest BCUT2D eigenvalue weighted by molar-refractivity contribution is -0.135. The van der Waals surface area contributed by atoms with E-state index in [2.05, 4.69) is 5.32 Å². The number of aliphatic carboxylic acids is 1. The van der Waals surface area contributed by atoms with E-state index in [9.17, 15) is 23.1 Å². The van der Waals surface area contributed by atoms with Gasteiger partial charge in [0.05, 0.1) is 15.8 Å². The number of nitrogens with one attached hydrogen (secondary N) is 2. The second kappa shape index (κ2) is 8.44. The minimum Gasteiger partial charge on any atom is -0.480 e. The lowest BCUT2D eigenvalue weighted by Crippen LogP contribution is -2.35. The molecule has 2 aromatic rings. The molecule has 1 aliphatic heterocycles. The fourth-order valence-electron chi connectivity index (χ4n) is 2.74. The Morgan fingerprint density at radius 2 is 1.79 bits per heavy atom. The quantitative estimate of drug-likeness (QED) is 0.590. The van der Waals surface area contributed by atoms with Gasteiger partial charge in [-0.3, -0.25) is 19.3 Å². The zero-order chi connectivity index (χ0) is 21.2. The van der Waals surface area contributed by atoms with Gasteiger partial charge in [-0.25, -0.2) is 8.42 Å². The number of thioether (sulfide) groups is 1. The maximum Gasteiger partial charge on any atom is 0.324 e. The summed E-state index contributed by atoms with van der Waals surface area (Å²) in [6.45, 7) is -0.748. The molecule has 0 saturated carbocycles. The van der Waals surface area contributed by atoms with E-state index in [1.807, 2.05) is 0 Å². The summed E-state index contributed by atoms with van der Waals surface area (Å²) in [6, 6.07) is 11.7. The van der Waals surface area contributed by atoms with E-state index in [-0.39, 0.29) is 21.7 Å². The van der Waals surface area contributed by atoms with Gasteiger partial charge in [0.1, 0.15) is 6.54 Å². The van der Waals surface area contributed by atoms with Crippen LogP contribution in [0.2, 0.25) is 5.02 Å². The molecule has 1 unspecified atom stereocenters. The van der Waals surface area contributed by atoms with Crippen molar-refractivity contribution in [3.63, 3.8) is 0 Å². The molecule has 1 saturated heterocycles. The van der Waals surface area contributed by atoms with Crippen LogP contribution in [0.3, 0.4) is 0 Å². The van der Waals surface area contributed by atoms with Crippen LogP contribution in [0.1, 0.15) is 5.56 Å². The number of hydrogen-bond acceptors (Lipinski definition) is 6. The van der Waals surface area contributed by atoms with Crippen LogP contribution in [-0.4, -0.2) is 42.4 Å². The van der Waals surface area contributed by atoms with Crippen molar-refractivity contribution in [1.29, 1.82) is 5.41 Å². The van der Waals surface area contributed by atoms with Crippen molar-refractivity contribution in [2.75, 3.05) is 10.8 Å². The van der Waals surface area contributed by atoms with Crippen LogP contribution in [0.15, 0.2) is 53.4 Å². The van der Waals surface area contributed by atoms with Gasteiger partial charge < -0.3 is 10.4 Å². The Kier molecular flexibility index (Phi) is 6.15. The van der Waals surface area contributed by atoms with Gasteiger partial charge in [-0.1, -0.05) is 35.5 Å². The van der Waals surface area contributed by atoms with E-state index < -0.39 is 27.8 Å². The molecule has 3 N–H and O–H groups in total. The predicted octanol–water partition coefficient (Wildman–Crippen LogP) is 2.33. The molecule has 1 atom stereocenters. The zero-order valence-corrected chi connectivity index (χ0v) is 17.2. The molecule has 0 radical (unpaired) electrons. The third-order valence-electron chi connectivity index (χ3n) is 4.12. The Morgan fingerprint density at radius 1 is 1.17 bits per heavy atom. The first-order valence-corrected chi connectivity index (χ1v) is 11.0. The van der Waals surface area contributed by atoms with Crippen LogP contribution in [0.4, 0.5) is 5.69 Å². The molecule has 11 heteroatoms. The molecular weight excluding hydrogens is 438 g/mol. The molecule has 1 amide bonds. The predicted molar refractivity (Wildman–Crippen MR) is 111 cm³/mol. The molecule has 1 fully saturated rings. The highest BCUT2D eigenvalue weighted by Crippen LogP contribution is 2.27. The van der Waals surface area contributed by atoms with Gasteiger partial charge in [-0.15, -0.1) is 0 Å². The molecule has 1 aliphatic rings. The summed E-state index contributed by atoms with van der Waals surface area (Å²) in [4.78, 5) is 23.0. The van der Waals surface area contributed by atoms with Gasteiger partial charge in [0.2, 0.25) is 5.91 Å². The number of amides is 1. The minimum atomic E-state index is -4.12. The number of carboxylic acids is 1. The summed E-state index contributed by atoms with van der Waals surface area (Å²) in [6.07, 6.45) is 0.363. The Bertz CT molecular complexity index is 1060. The minimum absolute atomic E-state index is 0.0789. The molecule has 2 aromatic carbocycles. The molecule has 0 aliphatic carbocycles. The maximum absolute atomic E-state index is 13.0. The van der Waals surface area contributed by atoms with Gasteiger partial charge in [0, 0.05) is 5.02 Å². The van der Waals surface area contributed by atoms with Gasteiger partial charge in [0.25, 0.3) is 10.0 Å². The number of carboxylic acid groups (broad SMARTS) is 1. The Hall–Kier alpha value is -2.56. The van der Waals surface area contributed by atoms with Crippen molar-refractivity contribution in [3.8, 4) is 0 Å². The SMILES string of the molecule is N=C1NC(=O)C(Cc2ccc(N(CC(=O)O)S(=O)(=O)c3ccc(Cl)cc3)cc2)S1. The first-order valence-electron chi connectivity index (χ1n) is 8.32. The number of amidine groups is 1. The molecule has 0 bridgehead atoms. The number of sulfonamides is 1. The summed E-state index contributed by atoms with van der Waals surface area (Å²) in [5.41, 5.74) is 0.942. The Morgan fingerprint density at radius 3 is 2.31 bits per heavy atom. The van der Waals surface area contributed by atoms with E-state index in [1.54, 1.807) is 12.1 Å². The maximum atomic E-state index is 13.0. The summed E-state index contributed by atoms with van der Waals surface area (Å²) in [5.74, 6) is -1.55. The van der Waals surface area contributed by atoms with Crippen LogP contribution in [-0.2, 0) is 26.0 Å². The van der Waals surface area contributed by atoms with E-state index in [0.29, 0.717) is 11.4 Å². The molecule has 152 valence electrons. The van der Waals surface area contributed by atoms with E-state index in [1.165, 1.54) is 36.4 Å². The summed E-state index contributed by atoms with van der Waals surface area (Å²) in [7, 11) is -4.12. The lowest BCUT2D eigenvalue weighted by Gasteiger charge is -2.23. The molecular formula is C18H16ClN3O5S2. The molecule has 0 spiro atoms. The molecule has 3 rings (SSSR count). The zero-order valence-electron chi connectivity index (χ0n) is 14.8. The molecule has 29 heavy (non-hydrogen) atoms. The monoisotopic (exact) mass is 453 g/mol. The van der Waals surface area contributed by atoms with E-state index in [4.69, 9.17) is 17.0 Å². The Balaban J connectivity index is 1.87. The third kappa shape index (κ3) is 4.89. The number of nitrogens with zero attached hydrogens (tertiary/aromatic N) is 1. The highest BCUT2D eigenvalue weighted by atomic mass is 35.5. The largest absolute Gasteiger partial charge is 0.480 e. The van der Waals surface area contributed by atoms with Gasteiger partial charge in [0.15, 0.2) is 5.17 Å². The van der Waals surface area contributed by atoms with Crippen LogP contribution < -0.4 is 9.62 Å². The number of anilines is 1. The van der Waals surface area contributed by atoms with Gasteiger partial charge in [-0.2, -0.15) is 0 Å². The average Bonchev–Trinajstić information content (AvgIpc) is 2.97. The number of hydrogen-bond donors (Lipinski definition) is 3. The summed E-state index contributed by atoms with van der Waals surface area (Å²) in [5, 5.41) is 19.1. The number of rotatable bonds is 7. The van der Waals surface area contributed by atoms with Crippen molar-refractivity contribution in [1.82, 2.24) is 5.32 Å². The van der Waals surface area contributed by atoms with Gasteiger partial charge in [-0.05, 0) is 48.4 Å². The van der Waals surface area contributed by atoms with Gasteiger partial charge >= 0.3 is 5.97 Å². The van der Waals surface area contributed by atoms with Crippen molar-refractivity contribution in [2.24, 2.45) is 0 Å². The topological polar surface area (TPSA) is 128 Å².